The van der Waals surface area contributed by atoms with Gasteiger partial charge in [0.15, 0.2) is 23.2 Å². The first-order valence-electron chi connectivity index (χ1n) is 12.2. The van der Waals surface area contributed by atoms with Gasteiger partial charge < -0.3 is 30.2 Å². The van der Waals surface area contributed by atoms with E-state index in [4.69, 9.17) is 24.3 Å². The number of halogens is 2. The molecule has 0 amide bonds. The summed E-state index contributed by atoms with van der Waals surface area (Å²) >= 11 is 0. The smallest absolute Gasteiger partial charge is 0.459 e. The molecule has 4 rings (SSSR count). The van der Waals surface area contributed by atoms with Crippen LogP contribution in [0.25, 0.3) is 11.2 Å². The molecule has 0 radical (unpaired) electrons. The van der Waals surface area contributed by atoms with E-state index in [9.17, 15) is 18.9 Å². The Kier molecular flexibility index (Phi) is 8.85. The number of nitrogens with two attached hydrogens (primary N) is 1. The highest BCUT2D eigenvalue weighted by atomic mass is 31.2. The number of aliphatic hydroxyl groups is 1. The summed E-state index contributed by atoms with van der Waals surface area (Å²) in [6, 6.07) is 6.80. The largest absolute Gasteiger partial charge is 0.465 e. The lowest BCUT2D eigenvalue weighted by atomic mass is 9.97. The Balaban J connectivity index is 1.59. The number of para-hydroxylation sites is 1. The van der Waals surface area contributed by atoms with Crippen molar-refractivity contribution in [3.8, 4) is 5.75 Å². The number of nitrogens with one attached hydrogen (secondary N) is 2. The third kappa shape index (κ3) is 5.86. The third-order valence-corrected chi connectivity index (χ3v) is 7.70. The van der Waals surface area contributed by atoms with Crippen LogP contribution >= 0.6 is 7.75 Å². The molecule has 1 aliphatic heterocycles. The van der Waals surface area contributed by atoms with Crippen LogP contribution in [-0.2, 0) is 23.4 Å². The van der Waals surface area contributed by atoms with Crippen LogP contribution in [-0.4, -0.2) is 81.4 Å². The highest BCUT2D eigenvalue weighted by molar-refractivity contribution is 7.52. The summed E-state index contributed by atoms with van der Waals surface area (Å²) in [4.78, 5) is 24.4. The van der Waals surface area contributed by atoms with Crippen molar-refractivity contribution < 1.29 is 41.8 Å². The molecule has 218 valence electrons. The molecule has 0 aliphatic carbocycles. The Morgan fingerprint density at radius 2 is 2.08 bits per heavy atom. The van der Waals surface area contributed by atoms with Crippen molar-refractivity contribution in [2.45, 2.75) is 44.0 Å². The highest BCUT2D eigenvalue weighted by Crippen LogP contribution is 2.48. The molecule has 1 aromatic carbocycles. The van der Waals surface area contributed by atoms with Crippen LogP contribution in [0.4, 0.5) is 20.5 Å². The molecular weight excluding hydrogens is 555 g/mol. The minimum Gasteiger partial charge on any atom is -0.465 e. The lowest BCUT2D eigenvalue weighted by molar-refractivity contribution is -0.144. The maximum atomic E-state index is 16.0. The maximum absolute atomic E-state index is 16.0. The number of anilines is 2. The van der Waals surface area contributed by atoms with Gasteiger partial charge in [-0.05, 0) is 26.0 Å². The topological polar surface area (TPSA) is 185 Å². The fourth-order valence-electron chi connectivity index (χ4n) is 4.10. The number of aromatic nitrogens is 4. The van der Waals surface area contributed by atoms with Crippen LogP contribution in [0, 0.1) is 0 Å². The number of rotatable bonds is 12. The Morgan fingerprint density at radius 1 is 1.35 bits per heavy atom. The van der Waals surface area contributed by atoms with Crippen molar-refractivity contribution in [1.82, 2.24) is 24.6 Å². The van der Waals surface area contributed by atoms with Crippen LogP contribution in [0.1, 0.15) is 20.1 Å². The summed E-state index contributed by atoms with van der Waals surface area (Å²) in [5.74, 6) is -0.520. The number of carbonyl (C=O) groups excluding carboxylic acids is 1. The molecule has 0 spiro atoms. The molecular formula is C23H30F2N7O7P. The molecule has 14 nitrogen and oxygen atoms in total. The van der Waals surface area contributed by atoms with Gasteiger partial charge in [0.2, 0.25) is 11.6 Å². The molecule has 1 fully saturated rings. The molecule has 17 heteroatoms. The number of hydrogen-bond donors (Lipinski definition) is 4. The van der Waals surface area contributed by atoms with Crippen molar-refractivity contribution in [3.05, 3.63) is 36.7 Å². The van der Waals surface area contributed by atoms with Gasteiger partial charge in [-0.3, -0.25) is 13.9 Å². The van der Waals surface area contributed by atoms with Gasteiger partial charge in [-0.2, -0.15) is 15.1 Å². The van der Waals surface area contributed by atoms with Gasteiger partial charge >= 0.3 is 13.7 Å². The van der Waals surface area contributed by atoms with Crippen molar-refractivity contribution in [1.29, 1.82) is 0 Å². The number of benzene rings is 1. The molecule has 1 unspecified atom stereocenters. The zero-order valence-electron chi connectivity index (χ0n) is 21.9. The summed E-state index contributed by atoms with van der Waals surface area (Å²) in [7, 11) is -2.80. The predicted octanol–water partition coefficient (Wildman–Crippen LogP) is 2.13. The van der Waals surface area contributed by atoms with E-state index in [1.165, 1.54) is 19.1 Å². The second-order valence-electron chi connectivity index (χ2n) is 8.84. The van der Waals surface area contributed by atoms with Gasteiger partial charge in [0.25, 0.3) is 0 Å². The first-order chi connectivity index (χ1) is 19.0. The lowest BCUT2D eigenvalue weighted by Crippen LogP contribution is -2.45. The molecule has 6 atom stereocenters. The first kappa shape index (κ1) is 29.6. The van der Waals surface area contributed by atoms with Gasteiger partial charge in [0, 0.05) is 7.05 Å². The Bertz CT molecular complexity index is 1380. The molecule has 5 N–H and O–H groups in total. The van der Waals surface area contributed by atoms with Crippen molar-refractivity contribution in [3.63, 3.8) is 0 Å². The number of esters is 1. The predicted molar refractivity (Wildman–Crippen MR) is 139 cm³/mol. The van der Waals surface area contributed by atoms with Gasteiger partial charge in [0.1, 0.15) is 30.7 Å². The second-order valence-corrected chi connectivity index (χ2v) is 10.5. The minimum absolute atomic E-state index is 0.0223. The number of fused-ring (bicyclic) bond motifs is 1. The number of nitrogen functional groups attached to an aromatic ring is 1. The number of alkyl halides is 2. The summed E-state index contributed by atoms with van der Waals surface area (Å²) in [6.07, 6.45) is -4.21. The molecule has 2 aromatic heterocycles. The molecule has 1 saturated heterocycles. The van der Waals surface area contributed by atoms with Crippen LogP contribution in [0.3, 0.4) is 0 Å². The monoisotopic (exact) mass is 585 g/mol. The summed E-state index contributed by atoms with van der Waals surface area (Å²) in [6.45, 7) is 0.697. The second kappa shape index (κ2) is 12.0. The Hall–Kier alpha value is -3.43. The van der Waals surface area contributed by atoms with Crippen LogP contribution < -0.4 is 20.7 Å². The van der Waals surface area contributed by atoms with Gasteiger partial charge in [0.05, 0.1) is 19.5 Å². The SMILES string of the molecule is CCOC(=O)C(C)N[P@](=O)(OC[C@H]1O[C@@H](n2cnc3c(NC)nc(N)nc32)[C@@](F)(CF)[C@@H]1O)Oc1ccccc1. The van der Waals surface area contributed by atoms with E-state index in [0.29, 0.717) is 0 Å². The van der Waals surface area contributed by atoms with Gasteiger partial charge in [-0.25, -0.2) is 18.3 Å². The lowest BCUT2D eigenvalue weighted by Gasteiger charge is -2.26. The highest BCUT2D eigenvalue weighted by Gasteiger charge is 2.59. The molecule has 3 aromatic rings. The summed E-state index contributed by atoms with van der Waals surface area (Å²) in [5, 5.41) is 16.0. The molecule has 0 bridgehead atoms. The molecule has 0 saturated carbocycles. The average molecular weight is 586 g/mol. The summed E-state index contributed by atoms with van der Waals surface area (Å²) in [5.41, 5.74) is 3.00. The van der Waals surface area contributed by atoms with Gasteiger partial charge in [-0.1, -0.05) is 18.2 Å². The number of aliphatic hydroxyl groups excluding tert-OH is 1. The summed E-state index contributed by atoms with van der Waals surface area (Å²) < 4.78 is 66.5. The fourth-order valence-corrected chi connectivity index (χ4v) is 5.60. The van der Waals surface area contributed by atoms with E-state index >= 15 is 4.39 Å². The standard InChI is InChI=1S/C23H30F2N7O7P/c1-4-36-20(34)13(2)31-40(35,39-14-8-6-5-7-9-14)37-10-15-17(33)23(25,11-24)21(38-15)32-12-28-16-18(27-3)29-22(26)30-19(16)32/h5-9,12-13,15,17,21,33H,4,10-11H2,1-3H3,(H,31,35)(H3,26,27,29,30)/t13?,15-,17-,21-,23-,40+/m1/s1. The van der Waals surface area contributed by atoms with Gasteiger partial charge in [-0.15, -0.1) is 0 Å². The van der Waals surface area contributed by atoms with E-state index < -0.39 is 57.1 Å². The molecule has 1 aliphatic rings. The van der Waals surface area contributed by atoms with E-state index in [2.05, 4.69) is 25.4 Å². The third-order valence-electron chi connectivity index (χ3n) is 6.06. The minimum atomic E-state index is -4.36. The molecule has 3 heterocycles. The van der Waals surface area contributed by atoms with E-state index in [1.54, 1.807) is 32.2 Å². The van der Waals surface area contributed by atoms with Crippen LogP contribution in [0.2, 0.25) is 0 Å². The number of carbonyl (C=O) groups is 1. The van der Waals surface area contributed by atoms with Crippen molar-refractivity contribution in [2.24, 2.45) is 0 Å². The number of nitrogens with zero attached hydrogens (tertiary/aromatic N) is 4. The number of hydrogen-bond acceptors (Lipinski definition) is 12. The molecule has 40 heavy (non-hydrogen) atoms. The first-order valence-corrected chi connectivity index (χ1v) is 13.8. The number of ether oxygens (including phenoxy) is 2. The zero-order chi connectivity index (χ0) is 29.1. The van der Waals surface area contributed by atoms with E-state index in [0.717, 1.165) is 10.9 Å². The number of imidazole rings is 1. The van der Waals surface area contributed by atoms with Crippen LogP contribution in [0.5, 0.6) is 5.75 Å². The maximum Gasteiger partial charge on any atom is 0.459 e. The fraction of sp³-hybridized carbons (Fsp3) is 0.478. The van der Waals surface area contributed by atoms with Crippen molar-refractivity contribution >= 4 is 36.6 Å². The average Bonchev–Trinajstić information content (AvgIpc) is 3.46. The normalized spacial score (nSPS) is 24.9. The Morgan fingerprint density at radius 3 is 2.73 bits per heavy atom. The van der Waals surface area contributed by atoms with E-state index in [1.807, 2.05) is 0 Å². The Labute approximate surface area is 227 Å². The zero-order valence-corrected chi connectivity index (χ0v) is 22.8. The van der Waals surface area contributed by atoms with E-state index in [-0.39, 0.29) is 35.3 Å². The quantitative estimate of drug-likeness (QED) is 0.179. The van der Waals surface area contributed by atoms with Crippen molar-refractivity contribution in [2.75, 3.05) is 38.0 Å². The van der Waals surface area contributed by atoms with Crippen LogP contribution in [0.15, 0.2) is 36.7 Å².